The van der Waals surface area contributed by atoms with Gasteiger partial charge in [0.25, 0.3) is 0 Å². The van der Waals surface area contributed by atoms with Crippen LogP contribution >= 0.6 is 0 Å². The van der Waals surface area contributed by atoms with Crippen molar-refractivity contribution >= 4 is 21.6 Å². The number of sulfonamides is 1. The van der Waals surface area contributed by atoms with Gasteiger partial charge in [-0.2, -0.15) is 4.98 Å². The summed E-state index contributed by atoms with van der Waals surface area (Å²) in [6.07, 6.45) is 0.624. The van der Waals surface area contributed by atoms with Gasteiger partial charge in [0.05, 0.1) is 11.4 Å². The van der Waals surface area contributed by atoms with Crippen LogP contribution in [0, 0.1) is 0 Å². The van der Waals surface area contributed by atoms with Crippen molar-refractivity contribution in [3.05, 3.63) is 59.5 Å². The molecule has 0 saturated carbocycles. The second-order valence-electron chi connectivity index (χ2n) is 8.87. The fourth-order valence-electron chi connectivity index (χ4n) is 3.68. The van der Waals surface area contributed by atoms with Crippen molar-refractivity contribution in [3.8, 4) is 11.4 Å². The molecule has 8 nitrogen and oxygen atoms in total. The number of carbonyl (C=O) groups is 1. The van der Waals surface area contributed by atoms with E-state index in [1.807, 2.05) is 24.3 Å². The predicted molar refractivity (Wildman–Crippen MR) is 121 cm³/mol. The summed E-state index contributed by atoms with van der Waals surface area (Å²) in [4.78, 5) is 17.8. The monoisotopic (exact) mass is 454 g/mol. The summed E-state index contributed by atoms with van der Waals surface area (Å²) in [5.74, 6) is 0.520. The Labute approximate surface area is 187 Å². The smallest absolute Gasteiger partial charge is 0.242 e. The Morgan fingerprint density at radius 1 is 1.16 bits per heavy atom. The second-order valence-corrected chi connectivity index (χ2v) is 10.6. The lowest BCUT2D eigenvalue weighted by Crippen LogP contribution is -2.26. The number of anilines is 1. The molecule has 1 aliphatic heterocycles. The van der Waals surface area contributed by atoms with Crippen molar-refractivity contribution in [2.24, 2.45) is 0 Å². The molecule has 0 unspecified atom stereocenters. The molecule has 0 radical (unpaired) electrons. The van der Waals surface area contributed by atoms with Crippen LogP contribution in [-0.2, 0) is 33.2 Å². The van der Waals surface area contributed by atoms with Crippen LogP contribution in [0.2, 0.25) is 0 Å². The first-order valence-corrected chi connectivity index (χ1v) is 11.9. The topological polar surface area (TPSA) is 105 Å². The SMILES string of the molecule is CC(=O)N1CCc2cc(S(=O)(=O)NCc3nc(-c4ccc(C(C)(C)C)cc4)no3)ccc21. The van der Waals surface area contributed by atoms with Crippen LogP contribution in [0.1, 0.15) is 44.7 Å². The zero-order valence-corrected chi connectivity index (χ0v) is 19.4. The first-order valence-electron chi connectivity index (χ1n) is 10.4. The van der Waals surface area contributed by atoms with Gasteiger partial charge in [0, 0.05) is 24.7 Å². The zero-order valence-electron chi connectivity index (χ0n) is 18.5. The Hall–Kier alpha value is -3.04. The quantitative estimate of drug-likeness (QED) is 0.633. The Kier molecular flexibility index (Phi) is 5.64. The van der Waals surface area contributed by atoms with E-state index in [2.05, 4.69) is 35.6 Å². The van der Waals surface area contributed by atoms with Crippen LogP contribution in [0.25, 0.3) is 11.4 Å². The lowest BCUT2D eigenvalue weighted by atomic mass is 9.87. The number of hydrogen-bond acceptors (Lipinski definition) is 6. The highest BCUT2D eigenvalue weighted by Crippen LogP contribution is 2.30. The highest BCUT2D eigenvalue weighted by atomic mass is 32.2. The molecule has 0 saturated heterocycles. The summed E-state index contributed by atoms with van der Waals surface area (Å²) < 4.78 is 33.2. The molecule has 1 amide bonds. The van der Waals surface area contributed by atoms with Crippen molar-refractivity contribution in [2.45, 2.75) is 51.0 Å². The molecule has 0 aliphatic carbocycles. The van der Waals surface area contributed by atoms with E-state index >= 15 is 0 Å². The number of carbonyl (C=O) groups excluding carboxylic acids is 1. The molecule has 0 bridgehead atoms. The van der Waals surface area contributed by atoms with Crippen molar-refractivity contribution in [1.82, 2.24) is 14.9 Å². The number of rotatable bonds is 5. The fraction of sp³-hybridized carbons (Fsp3) is 0.348. The highest BCUT2D eigenvalue weighted by Gasteiger charge is 2.25. The second kappa shape index (κ2) is 8.14. The van der Waals surface area contributed by atoms with E-state index in [1.165, 1.54) is 18.6 Å². The molecule has 0 fully saturated rings. The van der Waals surface area contributed by atoms with E-state index < -0.39 is 10.0 Å². The number of amides is 1. The molecule has 9 heteroatoms. The van der Waals surface area contributed by atoms with Crippen molar-refractivity contribution < 1.29 is 17.7 Å². The van der Waals surface area contributed by atoms with Crippen LogP contribution in [0.15, 0.2) is 51.9 Å². The van der Waals surface area contributed by atoms with Gasteiger partial charge in [-0.25, -0.2) is 13.1 Å². The van der Waals surface area contributed by atoms with Gasteiger partial charge >= 0.3 is 0 Å². The van der Waals surface area contributed by atoms with E-state index in [9.17, 15) is 13.2 Å². The molecular formula is C23H26N4O4S. The van der Waals surface area contributed by atoms with E-state index in [4.69, 9.17) is 4.52 Å². The third kappa shape index (κ3) is 4.44. The van der Waals surface area contributed by atoms with Crippen LogP contribution in [0.3, 0.4) is 0 Å². The predicted octanol–water partition coefficient (Wildman–Crippen LogP) is 3.42. The Morgan fingerprint density at radius 3 is 2.53 bits per heavy atom. The molecule has 1 aromatic heterocycles. The zero-order chi connectivity index (χ0) is 23.1. The largest absolute Gasteiger partial charge is 0.338 e. The number of fused-ring (bicyclic) bond motifs is 1. The van der Waals surface area contributed by atoms with Gasteiger partial charge in [-0.3, -0.25) is 4.79 Å². The summed E-state index contributed by atoms with van der Waals surface area (Å²) in [5, 5.41) is 3.97. The number of hydrogen-bond donors (Lipinski definition) is 1. The van der Waals surface area contributed by atoms with Crippen molar-refractivity contribution in [2.75, 3.05) is 11.4 Å². The van der Waals surface area contributed by atoms with Gasteiger partial charge in [0.1, 0.15) is 0 Å². The van der Waals surface area contributed by atoms with Gasteiger partial charge < -0.3 is 9.42 Å². The first-order chi connectivity index (χ1) is 15.0. The molecule has 1 N–H and O–H groups in total. The molecular weight excluding hydrogens is 428 g/mol. The van der Waals surface area contributed by atoms with E-state index in [1.54, 1.807) is 17.0 Å². The fourth-order valence-corrected chi connectivity index (χ4v) is 4.70. The van der Waals surface area contributed by atoms with Crippen LogP contribution in [-0.4, -0.2) is 31.0 Å². The summed E-state index contributed by atoms with van der Waals surface area (Å²) in [6, 6.07) is 12.7. The lowest BCUT2D eigenvalue weighted by molar-refractivity contribution is -0.116. The normalized spacial score (nSPS) is 13.9. The molecule has 32 heavy (non-hydrogen) atoms. The average Bonchev–Trinajstić information content (AvgIpc) is 3.38. The van der Waals surface area contributed by atoms with Crippen molar-refractivity contribution in [3.63, 3.8) is 0 Å². The maximum atomic E-state index is 12.7. The van der Waals surface area contributed by atoms with E-state index in [0.717, 1.165) is 16.8 Å². The van der Waals surface area contributed by atoms with Gasteiger partial charge in [0.2, 0.25) is 27.6 Å². The molecule has 2 heterocycles. The maximum absolute atomic E-state index is 12.7. The minimum atomic E-state index is -3.78. The molecule has 2 aromatic carbocycles. The average molecular weight is 455 g/mol. The maximum Gasteiger partial charge on any atom is 0.242 e. The summed E-state index contributed by atoms with van der Waals surface area (Å²) in [6.45, 7) is 8.36. The molecule has 3 aromatic rings. The van der Waals surface area contributed by atoms with Gasteiger partial charge in [-0.05, 0) is 41.2 Å². The standard InChI is InChI=1S/C23H26N4O4S/c1-15(28)27-12-11-17-13-19(9-10-20(17)27)32(29,30)24-14-21-25-22(26-31-21)16-5-7-18(8-6-16)23(2,3)4/h5-10,13,24H,11-12,14H2,1-4H3. The Morgan fingerprint density at radius 2 is 1.88 bits per heavy atom. The van der Waals surface area contributed by atoms with Gasteiger partial charge in [-0.15, -0.1) is 0 Å². The van der Waals surface area contributed by atoms with Gasteiger partial charge in [0.15, 0.2) is 0 Å². The lowest BCUT2D eigenvalue weighted by Gasteiger charge is -2.18. The number of aromatic nitrogens is 2. The Balaban J connectivity index is 1.45. The molecule has 168 valence electrons. The minimum absolute atomic E-state index is 0.0428. The first kappa shape index (κ1) is 22.2. The number of benzene rings is 2. The van der Waals surface area contributed by atoms with Crippen LogP contribution in [0.4, 0.5) is 5.69 Å². The Bertz CT molecular complexity index is 1260. The summed E-state index contributed by atoms with van der Waals surface area (Å²) in [7, 11) is -3.78. The molecule has 1 aliphatic rings. The van der Waals surface area contributed by atoms with Crippen LogP contribution in [0.5, 0.6) is 0 Å². The summed E-state index contributed by atoms with van der Waals surface area (Å²) in [5.41, 5.74) is 3.63. The van der Waals surface area contributed by atoms with Crippen LogP contribution < -0.4 is 9.62 Å². The molecule has 0 atom stereocenters. The summed E-state index contributed by atoms with van der Waals surface area (Å²) >= 11 is 0. The highest BCUT2D eigenvalue weighted by molar-refractivity contribution is 7.89. The van der Waals surface area contributed by atoms with Gasteiger partial charge in [-0.1, -0.05) is 50.2 Å². The van der Waals surface area contributed by atoms with E-state index in [0.29, 0.717) is 18.8 Å². The minimum Gasteiger partial charge on any atom is -0.338 e. The molecule has 0 spiro atoms. The third-order valence-electron chi connectivity index (χ3n) is 5.53. The number of nitrogens with zero attached hydrogens (tertiary/aromatic N) is 3. The molecule has 4 rings (SSSR count). The van der Waals surface area contributed by atoms with E-state index in [-0.39, 0.29) is 28.7 Å². The number of nitrogens with one attached hydrogen (secondary N) is 1. The van der Waals surface area contributed by atoms with Crippen molar-refractivity contribution in [1.29, 1.82) is 0 Å². The third-order valence-corrected chi connectivity index (χ3v) is 6.93.